The second-order valence-electron chi connectivity index (χ2n) is 44.1. The molecule has 1 amide bonds. The van der Waals surface area contributed by atoms with Gasteiger partial charge in [-0.1, -0.05) is 84.4 Å². The number of nitrogens with one attached hydrogen (secondary N) is 1. The van der Waals surface area contributed by atoms with Crippen molar-refractivity contribution in [1.82, 2.24) is 5.32 Å². The minimum Gasteiger partial charge on any atom is -0.458 e. The predicted molar refractivity (Wildman–Crippen MR) is 490 cm³/mol. The molecule has 828 valence electrons. The zero-order chi connectivity index (χ0) is 107. The van der Waals surface area contributed by atoms with Gasteiger partial charge in [0.2, 0.25) is 12.2 Å². The third kappa shape index (κ3) is 23.0. The number of aliphatic hydroxyl groups excluding tert-OH is 23. The van der Waals surface area contributed by atoms with Gasteiger partial charge in [0.25, 0.3) is 0 Å². The first-order chi connectivity index (χ1) is 68.0. The smallest absolute Gasteiger partial charge is 0.336 e. The van der Waals surface area contributed by atoms with E-state index in [0.29, 0.717) is 37.7 Å². The van der Waals surface area contributed by atoms with Crippen molar-refractivity contribution in [3.8, 4) is 0 Å². The number of hydrogen-bond acceptors (Lipinski definition) is 46. The molecule has 0 bridgehead atoms. The monoisotopic (exact) mass is 2080 g/mol. The number of ether oxygens (including phenoxy) is 18. The molecule has 145 heavy (non-hydrogen) atoms. The molecule has 0 aromatic carbocycles. The van der Waals surface area contributed by atoms with Crippen LogP contribution < -0.4 is 5.32 Å². The number of aliphatic hydroxyl groups is 24. The number of rotatable bonds is 35. The summed E-state index contributed by atoms with van der Waals surface area (Å²) < 4.78 is 110. The van der Waals surface area contributed by atoms with Crippen LogP contribution in [0.4, 0.5) is 0 Å². The van der Waals surface area contributed by atoms with E-state index in [0.717, 1.165) is 0 Å². The number of carbonyl (C=O) groups is 4. The fourth-order valence-electron chi connectivity index (χ4n) is 24.7. The first-order valence-electron chi connectivity index (χ1n) is 50.0. The average molecular weight is 2080 g/mol. The van der Waals surface area contributed by atoms with Gasteiger partial charge in [0.05, 0.1) is 99.1 Å². The maximum atomic E-state index is 16.9. The summed E-state index contributed by atoms with van der Waals surface area (Å²) in [5.74, 6) is -5.48. The zero-order valence-electron chi connectivity index (χ0n) is 83.9. The van der Waals surface area contributed by atoms with Crippen molar-refractivity contribution in [2.75, 3.05) is 46.2 Å². The fraction of sp³-hybridized carbons (Fsp3) is 0.857. The molecule has 8 saturated heterocycles. The Hall–Kier alpha value is -4.98. The van der Waals surface area contributed by atoms with E-state index in [1.165, 1.54) is 58.9 Å². The first-order valence-corrected chi connectivity index (χ1v) is 50.0. The summed E-state index contributed by atoms with van der Waals surface area (Å²) in [4.78, 5) is 58.4. The number of hydrogen-bond donors (Lipinski definition) is 25. The van der Waals surface area contributed by atoms with E-state index in [9.17, 15) is 132 Å². The van der Waals surface area contributed by atoms with Crippen LogP contribution in [-0.4, -0.2) is 456 Å². The van der Waals surface area contributed by atoms with Crippen LogP contribution in [0.1, 0.15) is 167 Å². The van der Waals surface area contributed by atoms with E-state index in [2.05, 4.69) is 38.4 Å². The highest BCUT2D eigenvalue weighted by molar-refractivity contribution is 5.89. The van der Waals surface area contributed by atoms with E-state index in [-0.39, 0.29) is 61.5 Å². The molecule has 4 saturated carbocycles. The Kier molecular flexibility index (Phi) is 37.4. The molecule has 0 radical (unpaired) electrons. The molecule has 0 spiro atoms. The Bertz CT molecular complexity index is 4490. The fourth-order valence-corrected chi connectivity index (χ4v) is 24.7. The first kappa shape index (κ1) is 117. The molecule has 12 fully saturated rings. The number of carbonyl (C=O) groups excluding carboxylic acids is 4. The lowest BCUT2D eigenvalue weighted by Crippen LogP contribution is -2.70. The molecule has 47 nitrogen and oxygen atoms in total. The van der Waals surface area contributed by atoms with Crippen LogP contribution in [0.25, 0.3) is 0 Å². The van der Waals surface area contributed by atoms with E-state index < -0.39 is 378 Å². The van der Waals surface area contributed by atoms with Crippen molar-refractivity contribution in [3.63, 3.8) is 0 Å². The van der Waals surface area contributed by atoms with Gasteiger partial charge < -0.3 is 213 Å². The molecular formula is C98H155NO46. The second-order valence-corrected chi connectivity index (χ2v) is 44.1. The maximum Gasteiger partial charge on any atom is 0.336 e. The summed E-state index contributed by atoms with van der Waals surface area (Å²) in [6, 6.07) is -1.38. The van der Waals surface area contributed by atoms with Gasteiger partial charge in [0.1, 0.15) is 164 Å². The minimum absolute atomic E-state index is 0.0571. The quantitative estimate of drug-likeness (QED) is 0.00924. The van der Waals surface area contributed by atoms with Gasteiger partial charge in [-0.15, -0.1) is 13.2 Å². The summed E-state index contributed by atoms with van der Waals surface area (Å²) in [6.45, 7) is 24.5. The summed E-state index contributed by atoms with van der Waals surface area (Å²) in [5, 5.41) is 272. The largest absolute Gasteiger partial charge is 0.458 e. The zero-order valence-corrected chi connectivity index (χ0v) is 83.9. The molecule has 8 aliphatic heterocycles. The summed E-state index contributed by atoms with van der Waals surface area (Å²) in [5.41, 5.74) is -9.16. The Labute approximate surface area is 839 Å². The van der Waals surface area contributed by atoms with E-state index in [1.807, 2.05) is 20.8 Å². The molecular weight excluding hydrogens is 1930 g/mol. The van der Waals surface area contributed by atoms with Crippen LogP contribution in [0.5, 0.6) is 0 Å². The molecule has 8 heterocycles. The molecule has 47 heteroatoms. The van der Waals surface area contributed by atoms with Gasteiger partial charge in [-0.3, -0.25) is 9.59 Å². The van der Waals surface area contributed by atoms with Gasteiger partial charge in [0, 0.05) is 18.8 Å². The van der Waals surface area contributed by atoms with Crippen molar-refractivity contribution in [3.05, 3.63) is 60.3 Å². The van der Waals surface area contributed by atoms with Crippen LogP contribution in [0.3, 0.4) is 0 Å². The van der Waals surface area contributed by atoms with Crippen molar-refractivity contribution in [1.29, 1.82) is 0 Å². The number of esters is 3. The highest BCUT2D eigenvalue weighted by atomic mass is 16.8. The highest BCUT2D eigenvalue weighted by Crippen LogP contribution is 2.76. The SMILES string of the molecule is C=C[C@](C)(O)CC/C=C(\CO)C(=O)O[C@H]1[C@H](O)[C@@H](O)[C@H](O[C@@](C)(C=C)CC/C=C(\CO)C(=O)O[C@H]2C[C@]3(C(=O)O[C@@H]4O[C@H](CO)[C@@H](O)[C@H](O)[C@H]4O[C@@H]4O[C@@H](C)[C@H](O[C@@H]5O[C@@H](CO)[C@H](O)[C@H]5O)[C@@H](O[C@@H]5O[C@H](CO)[C@@H](O)[C@H](O)[C@H]5O)[C@H]4O)[C@H](O)C[C@]4(C)C(=CC[C@@H]5[C@@]6(C)CC[C@H](O[C@@H]7O[C@H](CO[C@@H]8O[C@H](C)[C@H](O)[C@H](O)[C@H]8O[C@@H]8OC[C@@H](O)[C@H](O)[C@H]8O)[C@@H](O)[C@H](O)[C@H]7NC(C)=O)C(C)(C)[C@@H]6CC[C@]54C)[C@@H]3CC2(C)C)O[C@@H]1C. The van der Waals surface area contributed by atoms with Gasteiger partial charge >= 0.3 is 17.9 Å². The summed E-state index contributed by atoms with van der Waals surface area (Å²) >= 11 is 0. The van der Waals surface area contributed by atoms with Crippen LogP contribution in [-0.2, 0) is 104 Å². The Balaban J connectivity index is 0.788. The van der Waals surface area contributed by atoms with Gasteiger partial charge in [-0.25, -0.2) is 9.59 Å². The standard InChI is InChI=1S/C98H155NO46/c1-16-93(11,127)26-18-20-45(34-101)81(125)139-75-41(4)132-87(73(122)69(75)118)145-94(12,17-2)27-19-21-44(33-100)80(124)137-57-32-98(90(126)144-89-79(68(117)62(111)50(36-103)135-89)143-86-74(123)77(141-85-72(121)66(115)61(110)49(35-102)133-85)76(42(5)131-86)140-84-71(120)63(112)51(37-104)134-84)47(30-91(57,7)8)46-22-23-54-95(13)28-25-56(92(9,10)53(95)24-29-96(54,14)97(46,15)31-55(98)107)138-82-58(99-43(6)105)65(114)64(113)52(136-82)39-129-88-78(67(116)59(108)40(3)130-88)142-83-70(119)60(109)48(106)38-128-83/h16-17,20-22,40-42,47-79,82-89,100-104,106-123,127H,1-2,18-19,23-39H2,3-15H3,(H,99,105)/b44-21+,45-20+/t40-,41-,42+,47+,48-,49-,50-,51+,52-,53+,54-,55-,56+,57+,58-,59+,60+,61-,62-,63+,64-,65-,66+,67+,68+,69-,70-,71-,72-,73-,74-,75-,76+,77+,78-,79-,82+,83+,84+,85+,86+,87+,88-,89+,93+,94+,95+,96-,97-,98-/m1/s1. The Morgan fingerprint density at radius 1 is 0.476 bits per heavy atom. The van der Waals surface area contributed by atoms with Crippen molar-refractivity contribution < 1.29 is 227 Å². The summed E-state index contributed by atoms with van der Waals surface area (Å²) in [7, 11) is 0. The number of amides is 1. The number of fused-ring (bicyclic) bond motifs is 7. The molecule has 13 rings (SSSR count). The van der Waals surface area contributed by atoms with Crippen LogP contribution >= 0.6 is 0 Å². The van der Waals surface area contributed by atoms with Crippen LogP contribution in [0, 0.1) is 50.2 Å². The summed E-state index contributed by atoms with van der Waals surface area (Å²) in [6.07, 6.45) is -60.6. The lowest BCUT2D eigenvalue weighted by Gasteiger charge is -2.72. The van der Waals surface area contributed by atoms with Crippen LogP contribution in [0.15, 0.2) is 60.3 Å². The van der Waals surface area contributed by atoms with Crippen LogP contribution in [0.2, 0.25) is 0 Å². The van der Waals surface area contributed by atoms with Crippen molar-refractivity contribution >= 4 is 23.8 Å². The Morgan fingerprint density at radius 3 is 1.59 bits per heavy atom. The minimum atomic E-state index is -2.30. The van der Waals surface area contributed by atoms with E-state index in [1.54, 1.807) is 20.8 Å². The molecule has 5 aliphatic carbocycles. The highest BCUT2D eigenvalue weighted by Gasteiger charge is 2.74. The molecule has 0 aromatic heterocycles. The van der Waals surface area contributed by atoms with Crippen molar-refractivity contribution in [2.24, 2.45) is 50.2 Å². The third-order valence-corrected chi connectivity index (χ3v) is 34.0. The lowest BCUT2D eigenvalue weighted by molar-refractivity contribution is -0.390. The predicted octanol–water partition coefficient (Wildman–Crippen LogP) is -5.92. The van der Waals surface area contributed by atoms with Crippen molar-refractivity contribution in [2.45, 2.75) is 430 Å². The van der Waals surface area contributed by atoms with Gasteiger partial charge in [0.15, 0.2) is 56.2 Å². The molecule has 25 N–H and O–H groups in total. The number of allylic oxidation sites excluding steroid dienone is 4. The lowest BCUT2D eigenvalue weighted by atomic mass is 9.33. The molecule has 13 aliphatic rings. The third-order valence-electron chi connectivity index (χ3n) is 34.0. The Morgan fingerprint density at radius 2 is 0.979 bits per heavy atom. The topological polar surface area (TPSA) is 732 Å². The van der Waals surface area contributed by atoms with Gasteiger partial charge in [-0.2, -0.15) is 0 Å². The van der Waals surface area contributed by atoms with Gasteiger partial charge in [-0.05, 0) is 145 Å². The molecule has 0 aromatic rings. The average Bonchev–Trinajstić information content (AvgIpc) is 1.26. The second kappa shape index (κ2) is 46.4. The molecule has 0 unspecified atom stereocenters. The van der Waals surface area contributed by atoms with E-state index in [4.69, 9.17) is 85.3 Å². The molecule has 50 atom stereocenters. The van der Waals surface area contributed by atoms with E-state index >= 15 is 9.59 Å². The maximum absolute atomic E-state index is 16.9. The normalized spacial score (nSPS) is 47.7.